The normalized spacial score (nSPS) is 26.8. The molecule has 0 aromatic carbocycles. The SMILES string of the molecule is CC(C)NC(=O)CCN1C(=O)[C@@H]2CCCC[C@H]2C1=O. The van der Waals surface area contributed by atoms with Crippen LogP contribution in [0.2, 0.25) is 0 Å². The lowest BCUT2D eigenvalue weighted by molar-refractivity contribution is -0.140. The molecule has 0 aromatic heterocycles. The van der Waals surface area contributed by atoms with Gasteiger partial charge in [-0.2, -0.15) is 0 Å². The zero-order chi connectivity index (χ0) is 14.0. The maximum Gasteiger partial charge on any atom is 0.233 e. The van der Waals surface area contributed by atoms with Crippen molar-refractivity contribution in [2.45, 2.75) is 52.0 Å². The first kappa shape index (κ1) is 14.0. The summed E-state index contributed by atoms with van der Waals surface area (Å²) in [6.07, 6.45) is 3.91. The Balaban J connectivity index is 1.92. The van der Waals surface area contributed by atoms with Crippen molar-refractivity contribution in [3.05, 3.63) is 0 Å². The van der Waals surface area contributed by atoms with Gasteiger partial charge >= 0.3 is 0 Å². The van der Waals surface area contributed by atoms with E-state index in [9.17, 15) is 14.4 Å². The monoisotopic (exact) mass is 266 g/mol. The van der Waals surface area contributed by atoms with Crippen LogP contribution in [0.1, 0.15) is 46.0 Å². The highest BCUT2D eigenvalue weighted by Gasteiger charge is 2.47. The Hall–Kier alpha value is -1.39. The molecule has 0 radical (unpaired) electrons. The first-order valence-electron chi connectivity index (χ1n) is 7.15. The van der Waals surface area contributed by atoms with E-state index in [4.69, 9.17) is 0 Å². The maximum atomic E-state index is 12.2. The fourth-order valence-corrected chi connectivity index (χ4v) is 3.06. The minimum Gasteiger partial charge on any atom is -0.354 e. The van der Waals surface area contributed by atoms with Gasteiger partial charge in [0.2, 0.25) is 17.7 Å². The van der Waals surface area contributed by atoms with Crippen LogP contribution in [0.25, 0.3) is 0 Å². The van der Waals surface area contributed by atoms with E-state index < -0.39 is 0 Å². The molecular formula is C14H22N2O3. The smallest absolute Gasteiger partial charge is 0.233 e. The number of nitrogens with one attached hydrogen (secondary N) is 1. The van der Waals surface area contributed by atoms with Crippen molar-refractivity contribution in [3.63, 3.8) is 0 Å². The van der Waals surface area contributed by atoms with E-state index in [0.29, 0.717) is 0 Å². The highest BCUT2D eigenvalue weighted by molar-refractivity contribution is 6.05. The number of rotatable bonds is 4. The number of hydrogen-bond donors (Lipinski definition) is 1. The molecule has 1 heterocycles. The molecule has 106 valence electrons. The molecule has 1 saturated heterocycles. The number of carbonyl (C=O) groups is 3. The Labute approximate surface area is 113 Å². The van der Waals surface area contributed by atoms with E-state index in [0.717, 1.165) is 25.7 Å². The summed E-state index contributed by atoms with van der Waals surface area (Å²) < 4.78 is 0. The molecule has 19 heavy (non-hydrogen) atoms. The summed E-state index contributed by atoms with van der Waals surface area (Å²) in [7, 11) is 0. The van der Waals surface area contributed by atoms with Crippen molar-refractivity contribution < 1.29 is 14.4 Å². The Morgan fingerprint density at radius 1 is 1.21 bits per heavy atom. The van der Waals surface area contributed by atoms with Crippen molar-refractivity contribution in [1.82, 2.24) is 10.2 Å². The molecule has 2 rings (SSSR count). The third-order valence-corrected chi connectivity index (χ3v) is 3.94. The molecule has 0 spiro atoms. The number of nitrogens with zero attached hydrogens (tertiary/aromatic N) is 1. The van der Waals surface area contributed by atoms with Gasteiger partial charge in [0.05, 0.1) is 11.8 Å². The largest absolute Gasteiger partial charge is 0.354 e. The van der Waals surface area contributed by atoms with Crippen LogP contribution in [-0.4, -0.2) is 35.2 Å². The average molecular weight is 266 g/mol. The van der Waals surface area contributed by atoms with E-state index >= 15 is 0 Å². The summed E-state index contributed by atoms with van der Waals surface area (Å²) in [5.41, 5.74) is 0. The van der Waals surface area contributed by atoms with Crippen LogP contribution in [0.3, 0.4) is 0 Å². The minimum atomic E-state index is -0.116. The zero-order valence-electron chi connectivity index (χ0n) is 11.6. The van der Waals surface area contributed by atoms with Crippen molar-refractivity contribution in [3.8, 4) is 0 Å². The summed E-state index contributed by atoms with van der Waals surface area (Å²) in [6, 6.07) is 0.0834. The quantitative estimate of drug-likeness (QED) is 0.774. The number of amides is 3. The van der Waals surface area contributed by atoms with Gasteiger partial charge < -0.3 is 5.32 Å². The van der Waals surface area contributed by atoms with Gasteiger partial charge in [0.15, 0.2) is 0 Å². The van der Waals surface area contributed by atoms with E-state index in [2.05, 4.69) is 5.32 Å². The summed E-state index contributed by atoms with van der Waals surface area (Å²) in [6.45, 7) is 4.00. The molecule has 0 unspecified atom stereocenters. The van der Waals surface area contributed by atoms with Crippen LogP contribution in [0.4, 0.5) is 0 Å². The lowest BCUT2D eigenvalue weighted by Crippen LogP contribution is -2.37. The summed E-state index contributed by atoms with van der Waals surface area (Å²) >= 11 is 0. The molecule has 0 aromatic rings. The van der Waals surface area contributed by atoms with Gasteiger partial charge in [0.1, 0.15) is 0 Å². The molecule has 1 aliphatic carbocycles. The number of carbonyl (C=O) groups excluding carboxylic acids is 3. The van der Waals surface area contributed by atoms with E-state index in [1.165, 1.54) is 4.90 Å². The van der Waals surface area contributed by atoms with Crippen molar-refractivity contribution in [2.75, 3.05) is 6.54 Å². The highest BCUT2D eigenvalue weighted by Crippen LogP contribution is 2.37. The molecule has 2 aliphatic rings. The van der Waals surface area contributed by atoms with Crippen LogP contribution in [0.5, 0.6) is 0 Å². The Kier molecular flexibility index (Phi) is 4.22. The lowest BCUT2D eigenvalue weighted by Gasteiger charge is -2.19. The van der Waals surface area contributed by atoms with Gasteiger partial charge in [-0.3, -0.25) is 19.3 Å². The average Bonchev–Trinajstić information content (AvgIpc) is 2.60. The molecule has 2 atom stereocenters. The number of likely N-dealkylation sites (tertiary alicyclic amines) is 1. The summed E-state index contributed by atoms with van der Waals surface area (Å²) in [5.74, 6) is -0.464. The summed E-state index contributed by atoms with van der Waals surface area (Å²) in [4.78, 5) is 37.2. The van der Waals surface area contributed by atoms with Crippen LogP contribution in [-0.2, 0) is 14.4 Å². The lowest BCUT2D eigenvalue weighted by atomic mass is 9.81. The zero-order valence-corrected chi connectivity index (χ0v) is 11.6. The van der Waals surface area contributed by atoms with Gasteiger partial charge in [0, 0.05) is 19.0 Å². The molecule has 3 amide bonds. The highest BCUT2D eigenvalue weighted by atomic mass is 16.2. The number of hydrogen-bond acceptors (Lipinski definition) is 3. The van der Waals surface area contributed by atoms with Crippen molar-refractivity contribution in [1.29, 1.82) is 0 Å². The van der Waals surface area contributed by atoms with E-state index in [-0.39, 0.29) is 48.6 Å². The Morgan fingerprint density at radius 2 is 1.74 bits per heavy atom. The van der Waals surface area contributed by atoms with Crippen molar-refractivity contribution in [2.24, 2.45) is 11.8 Å². The third-order valence-electron chi connectivity index (χ3n) is 3.94. The van der Waals surface area contributed by atoms with Gasteiger partial charge in [-0.05, 0) is 26.7 Å². The van der Waals surface area contributed by atoms with Gasteiger partial charge in [0.25, 0.3) is 0 Å². The first-order valence-corrected chi connectivity index (χ1v) is 7.15. The fourth-order valence-electron chi connectivity index (χ4n) is 3.06. The minimum absolute atomic E-state index is 0.0629. The molecular weight excluding hydrogens is 244 g/mol. The van der Waals surface area contributed by atoms with Crippen LogP contribution >= 0.6 is 0 Å². The molecule has 1 aliphatic heterocycles. The standard InChI is InChI=1S/C14H22N2O3/c1-9(2)15-12(17)7-8-16-13(18)10-5-3-4-6-11(10)14(16)19/h9-11H,3-8H2,1-2H3,(H,15,17)/t10-,11-/m1/s1. The third kappa shape index (κ3) is 2.96. The van der Waals surface area contributed by atoms with Crippen LogP contribution < -0.4 is 5.32 Å². The second kappa shape index (κ2) is 5.72. The van der Waals surface area contributed by atoms with Gasteiger partial charge in [-0.25, -0.2) is 0 Å². The Morgan fingerprint density at radius 3 is 2.21 bits per heavy atom. The van der Waals surface area contributed by atoms with Crippen LogP contribution in [0.15, 0.2) is 0 Å². The number of fused-ring (bicyclic) bond motifs is 1. The topological polar surface area (TPSA) is 66.5 Å². The molecule has 1 N–H and O–H groups in total. The summed E-state index contributed by atoms with van der Waals surface area (Å²) in [5, 5.41) is 2.77. The predicted octanol–water partition coefficient (Wildman–Crippen LogP) is 1.08. The maximum absolute atomic E-state index is 12.2. The first-order chi connectivity index (χ1) is 9.00. The molecule has 0 bridgehead atoms. The van der Waals surface area contributed by atoms with Gasteiger partial charge in [-0.15, -0.1) is 0 Å². The predicted molar refractivity (Wildman–Crippen MR) is 70.1 cm³/mol. The van der Waals surface area contributed by atoms with Gasteiger partial charge in [-0.1, -0.05) is 12.8 Å². The van der Waals surface area contributed by atoms with E-state index in [1.54, 1.807) is 0 Å². The molecule has 5 heteroatoms. The second-order valence-electron chi connectivity index (χ2n) is 5.80. The van der Waals surface area contributed by atoms with Crippen LogP contribution in [0, 0.1) is 11.8 Å². The second-order valence-corrected chi connectivity index (χ2v) is 5.80. The molecule has 2 fully saturated rings. The Bertz CT molecular complexity index is 368. The fraction of sp³-hybridized carbons (Fsp3) is 0.786. The van der Waals surface area contributed by atoms with E-state index in [1.807, 2.05) is 13.8 Å². The number of imide groups is 1. The molecule has 1 saturated carbocycles. The molecule has 5 nitrogen and oxygen atoms in total. The van der Waals surface area contributed by atoms with Crippen molar-refractivity contribution >= 4 is 17.7 Å².